The highest BCUT2D eigenvalue weighted by molar-refractivity contribution is 5.87. The van der Waals surface area contributed by atoms with Gasteiger partial charge in [-0.3, -0.25) is 4.79 Å². The van der Waals surface area contributed by atoms with Crippen molar-refractivity contribution < 1.29 is 14.7 Å². The molecule has 0 saturated heterocycles. The fraction of sp³-hybridized carbons (Fsp3) is 0.818. The molecule has 0 bridgehead atoms. The molecule has 0 fully saturated rings. The lowest BCUT2D eigenvalue weighted by atomic mass is 10.0. The van der Waals surface area contributed by atoms with Gasteiger partial charge in [0.2, 0.25) is 5.91 Å². The maximum absolute atomic E-state index is 11.7. The van der Waals surface area contributed by atoms with Crippen molar-refractivity contribution in [2.24, 2.45) is 11.7 Å². The number of amides is 1. The van der Waals surface area contributed by atoms with Crippen LogP contribution in [0.4, 0.5) is 0 Å². The number of nitrogens with one attached hydrogen (secondary N) is 2. The first-order chi connectivity index (χ1) is 7.79. The van der Waals surface area contributed by atoms with Gasteiger partial charge in [-0.25, -0.2) is 4.79 Å². The number of likely N-dealkylation sites (N-methyl/N-ethyl adjacent to an activating group) is 1. The molecule has 0 rings (SSSR count). The second kappa shape index (κ2) is 7.24. The van der Waals surface area contributed by atoms with Crippen LogP contribution in [0.2, 0.25) is 0 Å². The highest BCUT2D eigenvalue weighted by Gasteiger charge is 2.26. The molecule has 100 valence electrons. The van der Waals surface area contributed by atoms with E-state index in [1.54, 1.807) is 14.0 Å². The average molecular weight is 245 g/mol. The van der Waals surface area contributed by atoms with Crippen LogP contribution >= 0.6 is 0 Å². The SMILES string of the molecule is CN[C@@H](C)[C@H](N)C(=O)N[C@@H](CC(C)C)C(=O)O. The lowest BCUT2D eigenvalue weighted by Gasteiger charge is -2.22. The lowest BCUT2D eigenvalue weighted by Crippen LogP contribution is -2.55. The topological polar surface area (TPSA) is 104 Å². The number of nitrogens with two attached hydrogens (primary N) is 1. The van der Waals surface area contributed by atoms with Crippen molar-refractivity contribution in [2.45, 2.75) is 45.3 Å². The molecule has 0 aliphatic heterocycles. The molecule has 0 unspecified atom stereocenters. The second-order valence-electron chi connectivity index (χ2n) is 4.63. The Balaban J connectivity index is 4.45. The molecule has 6 nitrogen and oxygen atoms in total. The maximum atomic E-state index is 11.7. The van der Waals surface area contributed by atoms with Crippen molar-refractivity contribution >= 4 is 11.9 Å². The highest BCUT2D eigenvalue weighted by atomic mass is 16.4. The fourth-order valence-corrected chi connectivity index (χ4v) is 1.37. The molecular weight excluding hydrogens is 222 g/mol. The molecular formula is C11H23N3O3. The smallest absolute Gasteiger partial charge is 0.326 e. The van der Waals surface area contributed by atoms with Crippen LogP contribution in [-0.2, 0) is 9.59 Å². The second-order valence-corrected chi connectivity index (χ2v) is 4.63. The van der Waals surface area contributed by atoms with E-state index in [2.05, 4.69) is 10.6 Å². The summed E-state index contributed by atoms with van der Waals surface area (Å²) in [7, 11) is 1.70. The summed E-state index contributed by atoms with van der Waals surface area (Å²) in [6.07, 6.45) is 0.391. The quantitative estimate of drug-likeness (QED) is 0.486. The van der Waals surface area contributed by atoms with Crippen LogP contribution in [-0.4, -0.2) is 42.2 Å². The van der Waals surface area contributed by atoms with Gasteiger partial charge < -0.3 is 21.5 Å². The largest absolute Gasteiger partial charge is 0.480 e. The number of aliphatic carboxylic acids is 1. The molecule has 0 aliphatic carbocycles. The number of hydrogen-bond acceptors (Lipinski definition) is 4. The van der Waals surface area contributed by atoms with E-state index in [0.717, 1.165) is 0 Å². The van der Waals surface area contributed by atoms with Gasteiger partial charge in [-0.1, -0.05) is 13.8 Å². The minimum atomic E-state index is -1.03. The van der Waals surface area contributed by atoms with Gasteiger partial charge >= 0.3 is 5.97 Å². The van der Waals surface area contributed by atoms with Crippen LogP contribution in [0.25, 0.3) is 0 Å². The highest BCUT2D eigenvalue weighted by Crippen LogP contribution is 2.05. The summed E-state index contributed by atoms with van der Waals surface area (Å²) in [5.74, 6) is -1.29. The van der Waals surface area contributed by atoms with E-state index in [1.807, 2.05) is 13.8 Å². The maximum Gasteiger partial charge on any atom is 0.326 e. The Morgan fingerprint density at radius 3 is 2.18 bits per heavy atom. The van der Waals surface area contributed by atoms with Crippen molar-refractivity contribution in [1.82, 2.24) is 10.6 Å². The van der Waals surface area contributed by atoms with E-state index in [4.69, 9.17) is 10.8 Å². The number of rotatable bonds is 7. The molecule has 1 amide bonds. The summed E-state index contributed by atoms with van der Waals surface area (Å²) < 4.78 is 0. The fourth-order valence-electron chi connectivity index (χ4n) is 1.37. The van der Waals surface area contributed by atoms with Gasteiger partial charge in [0.1, 0.15) is 6.04 Å². The summed E-state index contributed by atoms with van der Waals surface area (Å²) in [5.41, 5.74) is 5.68. The molecule has 5 N–H and O–H groups in total. The Morgan fingerprint density at radius 2 is 1.82 bits per heavy atom. The van der Waals surface area contributed by atoms with Crippen molar-refractivity contribution in [2.75, 3.05) is 7.05 Å². The molecule has 0 aromatic carbocycles. The van der Waals surface area contributed by atoms with E-state index >= 15 is 0 Å². The molecule has 0 heterocycles. The molecule has 0 spiro atoms. The van der Waals surface area contributed by atoms with E-state index in [-0.39, 0.29) is 12.0 Å². The Kier molecular flexibility index (Phi) is 6.75. The summed E-state index contributed by atoms with van der Waals surface area (Å²) in [4.78, 5) is 22.7. The summed E-state index contributed by atoms with van der Waals surface area (Å²) in [6, 6.07) is -1.84. The van der Waals surface area contributed by atoms with Crippen molar-refractivity contribution in [3.05, 3.63) is 0 Å². The van der Waals surface area contributed by atoms with Crippen LogP contribution < -0.4 is 16.4 Å². The van der Waals surface area contributed by atoms with Gasteiger partial charge in [-0.05, 0) is 26.3 Å². The molecule has 6 heteroatoms. The van der Waals surface area contributed by atoms with Crippen molar-refractivity contribution in [3.8, 4) is 0 Å². The summed E-state index contributed by atoms with van der Waals surface area (Å²) >= 11 is 0. The minimum Gasteiger partial charge on any atom is -0.480 e. The molecule has 0 aromatic heterocycles. The lowest BCUT2D eigenvalue weighted by molar-refractivity contribution is -0.142. The Bertz CT molecular complexity index is 269. The Hall–Kier alpha value is -1.14. The first-order valence-electron chi connectivity index (χ1n) is 5.75. The van der Waals surface area contributed by atoms with Gasteiger partial charge in [-0.15, -0.1) is 0 Å². The van der Waals surface area contributed by atoms with Crippen LogP contribution in [0.5, 0.6) is 0 Å². The van der Waals surface area contributed by atoms with E-state index in [0.29, 0.717) is 6.42 Å². The number of carboxylic acids is 1. The molecule has 0 aliphatic rings. The zero-order chi connectivity index (χ0) is 13.6. The predicted molar refractivity (Wildman–Crippen MR) is 65.5 cm³/mol. The Labute approximate surface area is 102 Å². The van der Waals surface area contributed by atoms with Crippen LogP contribution in [0.1, 0.15) is 27.2 Å². The third kappa shape index (κ3) is 5.65. The molecule has 0 saturated carbocycles. The third-order valence-corrected chi connectivity index (χ3v) is 2.62. The van der Waals surface area contributed by atoms with E-state index < -0.39 is 24.0 Å². The predicted octanol–water partition coefficient (Wildman–Crippen LogP) is -0.463. The number of carbonyl (C=O) groups is 2. The molecule has 0 aromatic rings. The number of hydrogen-bond donors (Lipinski definition) is 4. The minimum absolute atomic E-state index is 0.189. The summed E-state index contributed by atoms with van der Waals surface area (Å²) in [5, 5.41) is 14.3. The van der Waals surface area contributed by atoms with Gasteiger partial charge in [0.25, 0.3) is 0 Å². The van der Waals surface area contributed by atoms with E-state index in [1.165, 1.54) is 0 Å². The zero-order valence-corrected chi connectivity index (χ0v) is 10.9. The molecule has 0 radical (unpaired) electrons. The van der Waals surface area contributed by atoms with Crippen LogP contribution in [0, 0.1) is 5.92 Å². The first-order valence-corrected chi connectivity index (χ1v) is 5.75. The average Bonchev–Trinajstić information content (AvgIpc) is 2.25. The van der Waals surface area contributed by atoms with Crippen molar-refractivity contribution in [1.29, 1.82) is 0 Å². The zero-order valence-electron chi connectivity index (χ0n) is 10.9. The van der Waals surface area contributed by atoms with Gasteiger partial charge in [0.15, 0.2) is 0 Å². The number of carbonyl (C=O) groups excluding carboxylic acids is 1. The normalized spacial score (nSPS) is 16.4. The van der Waals surface area contributed by atoms with Gasteiger partial charge in [-0.2, -0.15) is 0 Å². The standard InChI is InChI=1S/C11H23N3O3/c1-6(2)5-8(11(16)17)14-10(15)9(12)7(3)13-4/h6-9,13H,5,12H2,1-4H3,(H,14,15)(H,16,17)/t7-,8-,9-/m0/s1. The van der Waals surface area contributed by atoms with Crippen LogP contribution in [0.15, 0.2) is 0 Å². The van der Waals surface area contributed by atoms with E-state index in [9.17, 15) is 9.59 Å². The third-order valence-electron chi connectivity index (χ3n) is 2.62. The van der Waals surface area contributed by atoms with Crippen molar-refractivity contribution in [3.63, 3.8) is 0 Å². The first kappa shape index (κ1) is 15.9. The molecule has 3 atom stereocenters. The van der Waals surface area contributed by atoms with Crippen LogP contribution in [0.3, 0.4) is 0 Å². The van der Waals surface area contributed by atoms with Gasteiger partial charge in [0, 0.05) is 6.04 Å². The monoisotopic (exact) mass is 245 g/mol. The number of carboxylic acid groups (broad SMARTS) is 1. The molecule has 17 heavy (non-hydrogen) atoms. The Morgan fingerprint density at radius 1 is 1.29 bits per heavy atom. The van der Waals surface area contributed by atoms with Gasteiger partial charge in [0.05, 0.1) is 6.04 Å². The summed E-state index contributed by atoms with van der Waals surface area (Å²) in [6.45, 7) is 5.57.